The van der Waals surface area contributed by atoms with Crippen molar-refractivity contribution in [2.24, 2.45) is 5.73 Å². The topological polar surface area (TPSA) is 98.1 Å². The highest BCUT2D eigenvalue weighted by Crippen LogP contribution is 2.27. The molecule has 1 amide bonds. The number of nitrogen functional groups attached to an aromatic ring is 1. The van der Waals surface area contributed by atoms with Crippen molar-refractivity contribution >= 4 is 11.9 Å². The lowest BCUT2D eigenvalue weighted by atomic mass is 9.93. The first-order chi connectivity index (χ1) is 11.1. The van der Waals surface area contributed by atoms with Gasteiger partial charge in [0.15, 0.2) is 0 Å². The quantitative estimate of drug-likeness (QED) is 0.894. The van der Waals surface area contributed by atoms with E-state index in [1.54, 1.807) is 6.20 Å². The number of aromatic nitrogens is 2. The van der Waals surface area contributed by atoms with Gasteiger partial charge in [-0.25, -0.2) is 9.97 Å². The average Bonchev–Trinajstić information content (AvgIpc) is 2.61. The van der Waals surface area contributed by atoms with Crippen molar-refractivity contribution in [2.75, 3.05) is 18.8 Å². The molecule has 1 aromatic carbocycles. The summed E-state index contributed by atoms with van der Waals surface area (Å²) < 4.78 is 0. The van der Waals surface area contributed by atoms with Crippen LogP contribution in [0.2, 0.25) is 0 Å². The van der Waals surface area contributed by atoms with Gasteiger partial charge < -0.3 is 16.4 Å². The van der Waals surface area contributed by atoms with E-state index in [9.17, 15) is 4.79 Å². The van der Waals surface area contributed by atoms with Crippen LogP contribution in [0.3, 0.4) is 0 Å². The fraction of sp³-hybridized carbons (Fsp3) is 0.353. The normalized spacial score (nSPS) is 19.3. The highest BCUT2D eigenvalue weighted by Gasteiger charge is 2.29. The molecule has 0 spiro atoms. The Morgan fingerprint density at radius 3 is 2.78 bits per heavy atom. The van der Waals surface area contributed by atoms with Crippen molar-refractivity contribution in [3.63, 3.8) is 0 Å². The smallest absolute Gasteiger partial charge is 0.244 e. The summed E-state index contributed by atoms with van der Waals surface area (Å²) in [6.07, 6.45) is 3.58. The number of nitrogens with zero attached hydrogens (tertiary/aromatic N) is 3. The number of amides is 1. The van der Waals surface area contributed by atoms with Crippen LogP contribution in [-0.2, 0) is 4.79 Å². The molecule has 0 bridgehead atoms. The molecular formula is C17H21N5O. The number of carbonyl (C=O) groups is 1. The number of piperidine rings is 1. The van der Waals surface area contributed by atoms with Gasteiger partial charge in [-0.1, -0.05) is 30.3 Å². The van der Waals surface area contributed by atoms with E-state index in [2.05, 4.69) is 9.97 Å². The molecule has 2 aromatic rings. The van der Waals surface area contributed by atoms with E-state index in [0.29, 0.717) is 6.54 Å². The van der Waals surface area contributed by atoms with Crippen molar-refractivity contribution < 1.29 is 4.79 Å². The Balaban J connectivity index is 1.72. The summed E-state index contributed by atoms with van der Waals surface area (Å²) in [5, 5.41) is 0. The lowest BCUT2D eigenvalue weighted by molar-refractivity contribution is -0.134. The molecule has 1 aliphatic rings. The summed E-state index contributed by atoms with van der Waals surface area (Å²) in [6.45, 7) is 1.35. The molecule has 1 aromatic heterocycles. The van der Waals surface area contributed by atoms with Crippen LogP contribution in [0.4, 0.5) is 5.95 Å². The van der Waals surface area contributed by atoms with Gasteiger partial charge in [0.25, 0.3) is 0 Å². The van der Waals surface area contributed by atoms with Crippen molar-refractivity contribution in [3.05, 3.63) is 53.9 Å². The molecule has 0 saturated carbocycles. The van der Waals surface area contributed by atoms with Gasteiger partial charge in [-0.15, -0.1) is 0 Å². The zero-order chi connectivity index (χ0) is 16.2. The van der Waals surface area contributed by atoms with Crippen molar-refractivity contribution in [2.45, 2.75) is 24.8 Å². The van der Waals surface area contributed by atoms with Crippen molar-refractivity contribution in [1.29, 1.82) is 0 Å². The molecule has 1 saturated heterocycles. The molecule has 0 radical (unpaired) electrons. The maximum atomic E-state index is 12.7. The monoisotopic (exact) mass is 311 g/mol. The van der Waals surface area contributed by atoms with E-state index in [4.69, 9.17) is 11.5 Å². The average molecular weight is 311 g/mol. The molecule has 1 fully saturated rings. The summed E-state index contributed by atoms with van der Waals surface area (Å²) in [5.74, 6) is 0.413. The van der Waals surface area contributed by atoms with Gasteiger partial charge in [0.2, 0.25) is 11.9 Å². The number of likely N-dealkylation sites (tertiary alicyclic amines) is 1. The third kappa shape index (κ3) is 3.48. The number of benzene rings is 1. The van der Waals surface area contributed by atoms with Gasteiger partial charge in [0, 0.05) is 25.2 Å². The second-order valence-corrected chi connectivity index (χ2v) is 5.85. The maximum absolute atomic E-state index is 12.7. The second-order valence-electron chi connectivity index (χ2n) is 5.85. The fourth-order valence-electron chi connectivity index (χ4n) is 3.03. The van der Waals surface area contributed by atoms with E-state index in [0.717, 1.165) is 30.6 Å². The molecule has 4 N–H and O–H groups in total. The minimum Gasteiger partial charge on any atom is -0.368 e. The minimum absolute atomic E-state index is 0.0390. The Hall–Kier alpha value is -2.47. The molecule has 3 rings (SSSR count). The number of carbonyl (C=O) groups excluding carboxylic acids is 1. The molecular weight excluding hydrogens is 290 g/mol. The summed E-state index contributed by atoms with van der Waals surface area (Å²) in [5.41, 5.74) is 13.5. The molecule has 120 valence electrons. The Labute approximate surface area is 135 Å². The predicted molar refractivity (Wildman–Crippen MR) is 88.4 cm³/mol. The van der Waals surface area contributed by atoms with Gasteiger partial charge in [0.05, 0.1) is 5.69 Å². The van der Waals surface area contributed by atoms with Crippen LogP contribution in [0, 0.1) is 0 Å². The molecule has 6 heteroatoms. The second kappa shape index (κ2) is 6.75. The van der Waals surface area contributed by atoms with Crippen molar-refractivity contribution in [3.8, 4) is 0 Å². The number of hydrogen-bond acceptors (Lipinski definition) is 5. The zero-order valence-corrected chi connectivity index (χ0v) is 12.9. The highest BCUT2D eigenvalue weighted by atomic mass is 16.2. The lowest BCUT2D eigenvalue weighted by Gasteiger charge is -2.34. The summed E-state index contributed by atoms with van der Waals surface area (Å²) in [6, 6.07) is 10.7. The van der Waals surface area contributed by atoms with Crippen LogP contribution in [0.5, 0.6) is 0 Å². The maximum Gasteiger partial charge on any atom is 0.244 e. The highest BCUT2D eigenvalue weighted by molar-refractivity contribution is 5.83. The van der Waals surface area contributed by atoms with E-state index in [1.165, 1.54) is 0 Å². The SMILES string of the molecule is Nc1nccc([C@@H]2CCCN(C(=O)[C@H](N)c3ccccc3)C2)n1. The number of nitrogens with two attached hydrogens (primary N) is 2. The first-order valence-corrected chi connectivity index (χ1v) is 7.83. The number of rotatable bonds is 3. The zero-order valence-electron chi connectivity index (χ0n) is 12.9. The summed E-state index contributed by atoms with van der Waals surface area (Å²) in [4.78, 5) is 22.7. The minimum atomic E-state index is -0.620. The van der Waals surface area contributed by atoms with E-state index in [-0.39, 0.29) is 17.8 Å². The van der Waals surface area contributed by atoms with Gasteiger partial charge in [0.1, 0.15) is 6.04 Å². The molecule has 2 atom stereocenters. The Bertz CT molecular complexity index is 676. The van der Waals surface area contributed by atoms with Crippen LogP contribution < -0.4 is 11.5 Å². The largest absolute Gasteiger partial charge is 0.368 e. The van der Waals surface area contributed by atoms with Crippen LogP contribution in [-0.4, -0.2) is 33.9 Å². The van der Waals surface area contributed by atoms with Crippen LogP contribution in [0.25, 0.3) is 0 Å². The fourth-order valence-corrected chi connectivity index (χ4v) is 3.03. The molecule has 1 aliphatic heterocycles. The van der Waals surface area contributed by atoms with Crippen molar-refractivity contribution in [1.82, 2.24) is 14.9 Å². The lowest BCUT2D eigenvalue weighted by Crippen LogP contribution is -2.44. The summed E-state index contributed by atoms with van der Waals surface area (Å²) >= 11 is 0. The molecule has 6 nitrogen and oxygen atoms in total. The number of anilines is 1. The predicted octanol–water partition coefficient (Wildman–Crippen LogP) is 1.46. The van der Waals surface area contributed by atoms with Gasteiger partial charge in [-0.05, 0) is 24.5 Å². The molecule has 0 aliphatic carbocycles. The van der Waals surface area contributed by atoms with E-state index in [1.807, 2.05) is 41.3 Å². The summed E-state index contributed by atoms with van der Waals surface area (Å²) in [7, 11) is 0. The standard InChI is InChI=1S/C17H21N5O/c18-15(12-5-2-1-3-6-12)16(23)22-10-4-7-13(11-22)14-8-9-20-17(19)21-14/h1-3,5-6,8-9,13,15H,4,7,10-11,18H2,(H2,19,20,21)/t13-,15-/m1/s1. The first-order valence-electron chi connectivity index (χ1n) is 7.83. The number of hydrogen-bond donors (Lipinski definition) is 2. The van der Waals surface area contributed by atoms with Gasteiger partial charge >= 0.3 is 0 Å². The van der Waals surface area contributed by atoms with E-state index < -0.39 is 6.04 Å². The molecule has 23 heavy (non-hydrogen) atoms. The van der Waals surface area contributed by atoms with Gasteiger partial charge in [-0.3, -0.25) is 4.79 Å². The van der Waals surface area contributed by atoms with Crippen LogP contribution >= 0.6 is 0 Å². The third-order valence-electron chi connectivity index (χ3n) is 4.27. The Morgan fingerprint density at radius 1 is 1.26 bits per heavy atom. The molecule has 0 unspecified atom stereocenters. The van der Waals surface area contributed by atoms with Crippen LogP contribution in [0.1, 0.15) is 36.1 Å². The van der Waals surface area contributed by atoms with E-state index >= 15 is 0 Å². The van der Waals surface area contributed by atoms with Gasteiger partial charge in [-0.2, -0.15) is 0 Å². The van der Waals surface area contributed by atoms with Crippen LogP contribution in [0.15, 0.2) is 42.6 Å². The third-order valence-corrected chi connectivity index (χ3v) is 4.27. The first kappa shape index (κ1) is 15.4. The Morgan fingerprint density at radius 2 is 2.04 bits per heavy atom. The Kier molecular flexibility index (Phi) is 4.52. The molecule has 2 heterocycles.